The molecule has 794 valence electrons. The van der Waals surface area contributed by atoms with E-state index in [2.05, 4.69) is 79.1 Å². The normalized spacial score (nSPS) is 51.5. The number of nitrogens with zero attached hydrogens (tertiary/aromatic N) is 2. The average Bonchev–Trinajstić information content (AvgIpc) is 0.784. The molecular formula is C118H182N4O19S. The van der Waals surface area contributed by atoms with Gasteiger partial charge >= 0.3 is 23.9 Å². The fourth-order valence-corrected chi connectivity index (χ4v) is 42.4. The maximum Gasteiger partial charge on any atom is 0.331 e. The first kappa shape index (κ1) is 106. The lowest BCUT2D eigenvalue weighted by molar-refractivity contribution is -0.237. The number of hydrogen-bond acceptors (Lipinski definition) is 20. The van der Waals surface area contributed by atoms with Crippen molar-refractivity contribution in [3.05, 3.63) is 23.3 Å². The number of aliphatic hydroxyl groups is 9. The summed E-state index contributed by atoms with van der Waals surface area (Å²) in [6, 6.07) is 0.342. The summed E-state index contributed by atoms with van der Waals surface area (Å²) in [7, 11) is 0. The van der Waals surface area contributed by atoms with Crippen LogP contribution in [0.5, 0.6) is 0 Å². The van der Waals surface area contributed by atoms with Crippen LogP contribution in [0.4, 0.5) is 0 Å². The quantitative estimate of drug-likeness (QED) is 0.0373. The highest BCUT2D eigenvalue weighted by Gasteiger charge is 2.75. The first-order chi connectivity index (χ1) is 67.1. The lowest BCUT2D eigenvalue weighted by atomic mass is 9.41. The number of cyclic esters (lactones) is 2. The summed E-state index contributed by atoms with van der Waals surface area (Å²) in [5.41, 5.74) is 5.83. The molecule has 0 aromatic carbocycles. The van der Waals surface area contributed by atoms with E-state index in [4.69, 9.17) is 37.5 Å². The Balaban J connectivity index is 0.000000114. The van der Waals surface area contributed by atoms with Gasteiger partial charge in [0.15, 0.2) is 5.11 Å². The third kappa shape index (κ3) is 17.3. The Kier molecular flexibility index (Phi) is 29.2. The maximum atomic E-state index is 13.6. The number of aliphatic hydroxyl groups excluding tert-OH is 5. The second-order valence-corrected chi connectivity index (χ2v) is 55.3. The summed E-state index contributed by atoms with van der Waals surface area (Å²) in [4.78, 5) is 77.3. The molecule has 23 aliphatic rings. The topological polar surface area (TPSA) is 406 Å². The van der Waals surface area contributed by atoms with E-state index in [9.17, 15) is 79.8 Å². The smallest absolute Gasteiger partial charge is 0.331 e. The fourth-order valence-electron chi connectivity index (χ4n) is 42.4. The molecule has 0 aromatic heterocycles. The number of Topliss-reactive ketones (excluding diaryl/α,β-unsaturated/α-hetero) is 2. The number of aliphatic imine (C=N–C) groups is 1. The predicted molar refractivity (Wildman–Crippen MR) is 547 cm³/mol. The van der Waals surface area contributed by atoms with Gasteiger partial charge < -0.3 is 71.4 Å². The van der Waals surface area contributed by atoms with Crippen LogP contribution in [0.1, 0.15) is 397 Å². The van der Waals surface area contributed by atoms with Crippen LogP contribution in [0.3, 0.4) is 0 Å². The third-order valence-electron chi connectivity index (χ3n) is 50.0. The van der Waals surface area contributed by atoms with Gasteiger partial charge in [-0.25, -0.2) is 9.59 Å². The molecule has 2 aliphatic heterocycles. The number of carbonyl (C=O) groups excluding carboxylic acids is 4. The summed E-state index contributed by atoms with van der Waals surface area (Å²) < 4.78 is 10.5. The van der Waals surface area contributed by atoms with E-state index in [0.717, 1.165) is 201 Å². The highest BCUT2D eigenvalue weighted by atomic mass is 32.1. The van der Waals surface area contributed by atoms with E-state index in [1.165, 1.54) is 96.3 Å². The Morgan fingerprint density at radius 2 is 0.859 bits per heavy atom. The van der Waals surface area contributed by atoms with Gasteiger partial charge in [0.1, 0.15) is 24.8 Å². The molecular weight excluding hydrogens is 1810 g/mol. The third-order valence-corrected chi connectivity index (χ3v) is 50.1. The number of ketones is 2. The maximum absolute atomic E-state index is 13.6. The lowest BCUT2D eigenvalue weighted by Crippen LogP contribution is -2.68. The molecule has 24 heteroatoms. The van der Waals surface area contributed by atoms with E-state index >= 15 is 0 Å². The van der Waals surface area contributed by atoms with Gasteiger partial charge in [0.25, 0.3) is 0 Å². The first-order valence-electron chi connectivity index (χ1n) is 57.8. The first-order valence-corrected chi connectivity index (χ1v) is 58.2. The largest absolute Gasteiger partial charge is 0.481 e. The zero-order valence-electron chi connectivity index (χ0n) is 88.0. The molecule has 2 heterocycles. The molecule has 0 saturated heterocycles. The number of aliphatic carboxylic acids is 2. The van der Waals surface area contributed by atoms with Gasteiger partial charge in [-0.05, 0) is 458 Å². The van der Waals surface area contributed by atoms with Crippen LogP contribution in [0.15, 0.2) is 33.4 Å². The molecule has 41 atom stereocenters. The summed E-state index contributed by atoms with van der Waals surface area (Å²) in [5, 5.41) is 123. The molecule has 0 spiro atoms. The fraction of sp³-hybridized carbons (Fsp3) is 0.890. The van der Waals surface area contributed by atoms with Crippen LogP contribution >= 0.6 is 12.2 Å². The molecule has 23 nitrogen and oxygen atoms in total. The van der Waals surface area contributed by atoms with E-state index in [1.54, 1.807) is 18.4 Å². The molecule has 21 aliphatic carbocycles. The zero-order valence-corrected chi connectivity index (χ0v) is 88.8. The SMILES string of the molecule is CC(=O)C1CCC2C3CC[C@H]4CC(O)CCC4(C)C3CCC12C.CC(CCC(=O)O)C1CCC2C3CCC4C[C@H](O)CC[C@]4(C)C3CC(=O)[C@]12C.CC12CC[C@H]3[C@@H](CCC4(O)C[C@H](O)CCC34/C=N/NC(N)=S)C1(O)CCC2C1=CC(=O)OC1.CC12CC[C@H]3[C@@H](CCC4(O)C[C@H](O)CCC34C=NC3CCCCC3)C1(O)CCC2C1=CC(=O)OC1.C[C@]12CC[C@@H](O)CC1CCC1C2CC[C@]2(C)C(C(=O)O)CCC12. The number of nitrogens with two attached hydrogens (primary N) is 1. The Morgan fingerprint density at radius 3 is 1.30 bits per heavy atom. The molecule has 0 aromatic rings. The second kappa shape index (κ2) is 39.2. The number of rotatable bonds is 12. The van der Waals surface area contributed by atoms with E-state index < -0.39 is 57.4 Å². The second-order valence-electron chi connectivity index (χ2n) is 54.9. The highest BCUT2D eigenvalue weighted by molar-refractivity contribution is 7.80. The monoisotopic (exact) mass is 1990 g/mol. The number of hydrogen-bond donors (Lipinski definition) is 13. The van der Waals surface area contributed by atoms with Crippen LogP contribution < -0.4 is 11.2 Å². The van der Waals surface area contributed by atoms with Crippen molar-refractivity contribution >= 4 is 65.2 Å². The van der Waals surface area contributed by atoms with Crippen molar-refractivity contribution in [2.45, 2.75) is 456 Å². The van der Waals surface area contributed by atoms with Crippen molar-refractivity contribution in [2.75, 3.05) is 13.2 Å². The zero-order chi connectivity index (χ0) is 101. The van der Waals surface area contributed by atoms with Gasteiger partial charge in [-0.1, -0.05) is 81.6 Å². The summed E-state index contributed by atoms with van der Waals surface area (Å²) in [6.45, 7) is 23.5. The van der Waals surface area contributed by atoms with Gasteiger partial charge in [0, 0.05) is 89.3 Å². The van der Waals surface area contributed by atoms with Crippen molar-refractivity contribution in [1.29, 1.82) is 0 Å². The minimum atomic E-state index is -1.09. The molecule has 28 unspecified atom stereocenters. The number of thiocarbonyl (C=S) groups is 1. The van der Waals surface area contributed by atoms with Crippen LogP contribution in [0, 0.1) is 184 Å². The number of carbonyl (C=O) groups is 6. The Morgan fingerprint density at radius 1 is 0.451 bits per heavy atom. The molecule has 0 amide bonds. The van der Waals surface area contributed by atoms with Gasteiger partial charge in [0.2, 0.25) is 0 Å². The Labute approximate surface area is 852 Å². The number of hydrazone groups is 1. The van der Waals surface area contributed by atoms with Crippen molar-refractivity contribution in [3.63, 3.8) is 0 Å². The number of esters is 2. The van der Waals surface area contributed by atoms with E-state index in [0.29, 0.717) is 166 Å². The highest BCUT2D eigenvalue weighted by Crippen LogP contribution is 2.77. The van der Waals surface area contributed by atoms with Crippen molar-refractivity contribution in [1.82, 2.24) is 5.43 Å². The van der Waals surface area contributed by atoms with Gasteiger partial charge in [0.05, 0.1) is 58.8 Å². The van der Waals surface area contributed by atoms with Crippen molar-refractivity contribution < 1.29 is 94.4 Å². The minimum Gasteiger partial charge on any atom is -0.481 e. The number of nitrogens with one attached hydrogen (secondary N) is 1. The molecule has 23 rings (SSSR count). The summed E-state index contributed by atoms with van der Waals surface area (Å²) >= 11 is 4.91. The van der Waals surface area contributed by atoms with Crippen LogP contribution in [0.2, 0.25) is 0 Å². The van der Waals surface area contributed by atoms with Crippen LogP contribution in [-0.2, 0) is 38.2 Å². The summed E-state index contributed by atoms with van der Waals surface area (Å²) in [6.07, 6.45) is 54.4. The van der Waals surface area contributed by atoms with Crippen LogP contribution in [-0.4, -0.2) is 181 Å². The Hall–Kier alpha value is -4.63. The van der Waals surface area contributed by atoms with Gasteiger partial charge in [-0.3, -0.25) is 29.6 Å². The number of fused-ring (bicyclic) bond motifs is 25. The number of carboxylic acids is 2. The standard InChI is InChI=1S/C29H43NO5.C24H35N3O5S.C24H38O4.C21H34O2.C20H32O3/c1-26-11-8-23-24(29(26,34)14-10-22(26)19-15-25(32)35-17-19)9-13-28(33)16-21(31)7-12-27(23,28)18-30-20-5-3-2-4-6-20;1-21-6-3-17-18(24(21,31)9-5-16(21)14-10-19(29)32-12-14)4-8-23(30)11-15(28)2-7-22(17,23)13-26-27-20(25)33;1-14(4-9-22(27)28)18-7-8-19-17-6-5-15-12-16(25)10-11-23(15,2)20(17)13-21(26)24(18,19)3;1-13(22)17-6-7-18-16-5-4-14-12-15(23)8-10-20(14,2)19(16)9-11-21(17,18)3;1-19-9-7-13(21)11-12(19)3-4-14-15-5-6-17(18(22)23)20(15,2)10-8-16(14)19/h15,18,20-24,31,33-34H,2-14,16-17H2,1H3;10,13,15-18,28,30-31H,2-9,11-12H2,1H3,(H3,25,27,33);14-20,25H,4-13H2,1-3H3,(H,27,28);14-19,23H,4-12H2,1-3H3;12-17,21H,3-11H2,1-2H3,(H,22,23)/b;26-13+;;;/t21-,22?,23+,24-,26?,27?,28?,29?;15-,16?,17+,18-,21?,22?,23?,24?;14?,15?,16-,17?,18?,19?,20?,23+,24-;14-,15?,16?,17?,18?,19?,20?,21?;12?,13-,14?,15?,16?,17?,19+,20+/m11101/s1. The molecule has 0 radical (unpaired) electrons. The molecule has 14 N–H and O–H groups in total. The summed E-state index contributed by atoms with van der Waals surface area (Å²) in [5.74, 6) is 8.62. The Bertz CT molecular complexity index is 4750. The van der Waals surface area contributed by atoms with Crippen molar-refractivity contribution in [2.24, 2.45) is 200 Å². The van der Waals surface area contributed by atoms with Gasteiger partial charge in [-0.15, -0.1) is 0 Å². The van der Waals surface area contributed by atoms with Crippen molar-refractivity contribution in [3.8, 4) is 0 Å². The minimum absolute atomic E-state index is 0.00771. The molecule has 21 fully saturated rings. The van der Waals surface area contributed by atoms with E-state index in [-0.39, 0.29) is 116 Å². The van der Waals surface area contributed by atoms with Crippen LogP contribution in [0.25, 0.3) is 0 Å². The molecule has 142 heavy (non-hydrogen) atoms. The van der Waals surface area contributed by atoms with Gasteiger partial charge in [-0.2, -0.15) is 5.10 Å². The molecule has 0 bridgehead atoms. The lowest BCUT2D eigenvalue weighted by Gasteiger charge is -2.65. The number of carboxylic acid groups (broad SMARTS) is 2. The molecule has 21 saturated carbocycles. The average molecular weight is 1990 g/mol. The predicted octanol–water partition coefficient (Wildman–Crippen LogP) is 19.0. The number of ether oxygens (including phenoxy) is 2. The van der Waals surface area contributed by atoms with E-state index in [1.807, 2.05) is 6.92 Å².